The molecule has 3 rings (SSSR count). The lowest BCUT2D eigenvalue weighted by atomic mass is 10.1. The molecule has 27 heavy (non-hydrogen) atoms. The molecule has 0 aliphatic rings. The third kappa shape index (κ3) is 4.32. The van der Waals surface area contributed by atoms with Gasteiger partial charge in [-0.25, -0.2) is 0 Å². The van der Waals surface area contributed by atoms with Crippen molar-refractivity contribution in [3.63, 3.8) is 0 Å². The van der Waals surface area contributed by atoms with Gasteiger partial charge in [0.15, 0.2) is 0 Å². The summed E-state index contributed by atoms with van der Waals surface area (Å²) in [6, 6.07) is 14.8. The van der Waals surface area contributed by atoms with Crippen LogP contribution in [-0.4, -0.2) is 24.1 Å². The highest BCUT2D eigenvalue weighted by molar-refractivity contribution is 9.09. The molecule has 0 amide bonds. The van der Waals surface area contributed by atoms with Crippen molar-refractivity contribution in [2.75, 3.05) is 19.5 Å². The summed E-state index contributed by atoms with van der Waals surface area (Å²) in [5.41, 5.74) is 5.10. The minimum Gasteiger partial charge on any atom is -0.497 e. The summed E-state index contributed by atoms with van der Waals surface area (Å²) in [7, 11) is 3.43. The molecule has 0 unspecified atom stereocenters. The van der Waals surface area contributed by atoms with Crippen LogP contribution in [-0.2, 0) is 6.54 Å². The van der Waals surface area contributed by atoms with Gasteiger partial charge in [-0.1, -0.05) is 28.8 Å². The number of hydrogen-bond donors (Lipinski definition) is 0. The minimum atomic E-state index is 0.885. The molecule has 0 aliphatic heterocycles. The highest BCUT2D eigenvalue weighted by Gasteiger charge is 2.16. The van der Waals surface area contributed by atoms with Crippen LogP contribution in [0.15, 0.2) is 42.5 Å². The number of methoxy groups -OCH3 is 2. The molecule has 3 aromatic rings. The largest absolute Gasteiger partial charge is 0.497 e. The lowest BCUT2D eigenvalue weighted by Crippen LogP contribution is -2.01. The molecule has 4 heteroatoms. The second-order valence-corrected chi connectivity index (χ2v) is 7.63. The maximum absolute atomic E-state index is 5.46. The summed E-state index contributed by atoms with van der Waals surface area (Å²) < 4.78 is 13.3. The van der Waals surface area contributed by atoms with Gasteiger partial charge in [-0.2, -0.15) is 0 Å². The highest BCUT2D eigenvalue weighted by Crippen LogP contribution is 2.36. The third-order valence-electron chi connectivity index (χ3n) is 5.15. The van der Waals surface area contributed by atoms with E-state index in [9.17, 15) is 0 Å². The van der Waals surface area contributed by atoms with Crippen LogP contribution in [0.25, 0.3) is 22.2 Å². The Morgan fingerprint density at radius 3 is 2.19 bits per heavy atom. The maximum atomic E-state index is 5.46. The monoisotopic (exact) mass is 429 g/mol. The number of ether oxygens (including phenoxy) is 2. The molecule has 0 saturated carbocycles. The van der Waals surface area contributed by atoms with Gasteiger partial charge in [0.2, 0.25) is 0 Å². The van der Waals surface area contributed by atoms with Gasteiger partial charge in [0.1, 0.15) is 11.5 Å². The van der Waals surface area contributed by atoms with Crippen molar-refractivity contribution in [2.24, 2.45) is 0 Å². The molecule has 144 valence electrons. The molecular weight excluding hydrogens is 402 g/mol. The van der Waals surface area contributed by atoms with E-state index in [1.54, 1.807) is 14.2 Å². The van der Waals surface area contributed by atoms with Gasteiger partial charge in [0.25, 0.3) is 0 Å². The summed E-state index contributed by atoms with van der Waals surface area (Å²) in [5.74, 6) is 1.79. The zero-order valence-electron chi connectivity index (χ0n) is 16.4. The Balaban J connectivity index is 2.02. The van der Waals surface area contributed by atoms with Crippen LogP contribution < -0.4 is 9.47 Å². The Kier molecular flexibility index (Phi) is 6.84. The number of hydrogen-bond acceptors (Lipinski definition) is 2. The average Bonchev–Trinajstić information content (AvgIpc) is 2.99. The lowest BCUT2D eigenvalue weighted by molar-refractivity contribution is 0.415. The summed E-state index contributed by atoms with van der Waals surface area (Å²) >= 11 is 3.52. The molecule has 0 aliphatic carbocycles. The molecule has 0 fully saturated rings. The molecule has 0 atom stereocenters. The lowest BCUT2D eigenvalue weighted by Gasteiger charge is -2.12. The number of aryl methyl sites for hydroxylation is 2. The Bertz CT molecular complexity index is 884. The smallest absolute Gasteiger partial charge is 0.119 e. The summed E-state index contributed by atoms with van der Waals surface area (Å²) in [6.45, 7) is 3.24. The second kappa shape index (κ2) is 9.32. The SMILES string of the molecule is COc1ccc(-c2c(C)c3cc(OC)ccc3n2CCCCCCBr)cc1. The van der Waals surface area contributed by atoms with Gasteiger partial charge in [-0.05, 0) is 73.4 Å². The van der Waals surface area contributed by atoms with Crippen LogP contribution in [0.4, 0.5) is 0 Å². The topological polar surface area (TPSA) is 23.4 Å². The molecular formula is C23H28BrNO2. The van der Waals surface area contributed by atoms with Crippen molar-refractivity contribution in [1.82, 2.24) is 4.57 Å². The molecule has 2 aromatic carbocycles. The van der Waals surface area contributed by atoms with Crippen molar-refractivity contribution in [2.45, 2.75) is 39.2 Å². The van der Waals surface area contributed by atoms with E-state index in [2.05, 4.69) is 57.8 Å². The van der Waals surface area contributed by atoms with E-state index < -0.39 is 0 Å². The van der Waals surface area contributed by atoms with E-state index in [0.717, 1.165) is 23.4 Å². The van der Waals surface area contributed by atoms with Crippen molar-refractivity contribution >= 4 is 26.8 Å². The summed E-state index contributed by atoms with van der Waals surface area (Å²) in [5, 5.41) is 2.36. The molecule has 0 spiro atoms. The van der Waals surface area contributed by atoms with Crippen LogP contribution in [0.1, 0.15) is 31.2 Å². The van der Waals surface area contributed by atoms with Gasteiger partial charge in [0.05, 0.1) is 19.9 Å². The summed E-state index contributed by atoms with van der Waals surface area (Å²) in [6.07, 6.45) is 4.96. The number of halogens is 1. The molecule has 0 N–H and O–H groups in total. The third-order valence-corrected chi connectivity index (χ3v) is 5.71. The van der Waals surface area contributed by atoms with Gasteiger partial charge in [0, 0.05) is 22.8 Å². The Labute approximate surface area is 170 Å². The molecule has 0 radical (unpaired) electrons. The van der Waals surface area contributed by atoms with Gasteiger partial charge in [-0.15, -0.1) is 0 Å². The number of nitrogens with zero attached hydrogens (tertiary/aromatic N) is 1. The summed E-state index contributed by atoms with van der Waals surface area (Å²) in [4.78, 5) is 0. The fourth-order valence-corrected chi connectivity index (χ4v) is 4.10. The average molecular weight is 430 g/mol. The number of alkyl halides is 1. The first kappa shape index (κ1) is 19.8. The van der Waals surface area contributed by atoms with E-state index in [-0.39, 0.29) is 0 Å². The maximum Gasteiger partial charge on any atom is 0.119 e. The molecule has 3 nitrogen and oxygen atoms in total. The van der Waals surface area contributed by atoms with Crippen molar-refractivity contribution < 1.29 is 9.47 Å². The first-order chi connectivity index (χ1) is 13.2. The predicted molar refractivity (Wildman–Crippen MR) is 117 cm³/mol. The van der Waals surface area contributed by atoms with E-state index in [0.29, 0.717) is 0 Å². The normalized spacial score (nSPS) is 11.1. The first-order valence-electron chi connectivity index (χ1n) is 9.56. The van der Waals surface area contributed by atoms with Crippen molar-refractivity contribution in [3.8, 4) is 22.8 Å². The molecule has 0 bridgehead atoms. The Hall–Kier alpha value is -1.94. The number of fused-ring (bicyclic) bond motifs is 1. The molecule has 1 aromatic heterocycles. The van der Waals surface area contributed by atoms with E-state index in [1.807, 2.05) is 12.1 Å². The number of rotatable bonds is 9. The van der Waals surface area contributed by atoms with Gasteiger partial charge in [-0.3, -0.25) is 0 Å². The van der Waals surface area contributed by atoms with Crippen molar-refractivity contribution in [1.29, 1.82) is 0 Å². The second-order valence-electron chi connectivity index (χ2n) is 6.84. The standard InChI is InChI=1S/C23H28BrNO2/c1-17-21-16-20(27-3)12-13-22(21)25(15-7-5-4-6-14-24)23(17)18-8-10-19(26-2)11-9-18/h8-13,16H,4-7,14-15H2,1-3H3. The fourth-order valence-electron chi connectivity index (χ4n) is 3.70. The van der Waals surface area contributed by atoms with Crippen molar-refractivity contribution in [3.05, 3.63) is 48.0 Å². The minimum absolute atomic E-state index is 0.885. The van der Waals surface area contributed by atoms with E-state index in [1.165, 1.54) is 53.4 Å². The van der Waals surface area contributed by atoms with Crippen LogP contribution in [0.2, 0.25) is 0 Å². The fraction of sp³-hybridized carbons (Fsp3) is 0.391. The van der Waals surface area contributed by atoms with Gasteiger partial charge < -0.3 is 14.0 Å². The van der Waals surface area contributed by atoms with Crippen LogP contribution >= 0.6 is 15.9 Å². The zero-order valence-corrected chi connectivity index (χ0v) is 18.0. The molecule has 0 saturated heterocycles. The number of unbranched alkanes of at least 4 members (excludes halogenated alkanes) is 3. The van der Waals surface area contributed by atoms with Crippen LogP contribution in [0.5, 0.6) is 11.5 Å². The van der Waals surface area contributed by atoms with E-state index >= 15 is 0 Å². The highest BCUT2D eigenvalue weighted by atomic mass is 79.9. The van der Waals surface area contributed by atoms with Crippen LogP contribution in [0, 0.1) is 6.92 Å². The van der Waals surface area contributed by atoms with Crippen LogP contribution in [0.3, 0.4) is 0 Å². The Morgan fingerprint density at radius 1 is 0.852 bits per heavy atom. The Morgan fingerprint density at radius 2 is 1.52 bits per heavy atom. The number of aromatic nitrogens is 1. The molecule has 1 heterocycles. The quantitative estimate of drug-likeness (QED) is 0.282. The predicted octanol–water partition coefficient (Wildman–Crippen LogP) is 6.59. The van der Waals surface area contributed by atoms with Gasteiger partial charge >= 0.3 is 0 Å². The first-order valence-corrected chi connectivity index (χ1v) is 10.7. The number of benzene rings is 2. The zero-order chi connectivity index (χ0) is 19.2. The van der Waals surface area contributed by atoms with E-state index in [4.69, 9.17) is 9.47 Å².